The molecular weight excluding hydrogens is 438 g/mol. The van der Waals surface area contributed by atoms with E-state index in [1.165, 1.54) is 0 Å². The van der Waals surface area contributed by atoms with E-state index >= 15 is 0 Å². The zero-order valence-corrected chi connectivity index (χ0v) is 20.7. The van der Waals surface area contributed by atoms with Crippen LogP contribution in [0, 0.1) is 11.3 Å². The molecule has 0 radical (unpaired) electrons. The van der Waals surface area contributed by atoms with Crippen molar-refractivity contribution in [2.45, 2.75) is 45.7 Å². The van der Waals surface area contributed by atoms with Crippen LogP contribution in [-0.2, 0) is 6.42 Å². The van der Waals surface area contributed by atoms with Gasteiger partial charge in [-0.3, -0.25) is 4.90 Å². The molecule has 1 aromatic carbocycles. The molecule has 8 nitrogen and oxygen atoms in total. The van der Waals surface area contributed by atoms with Crippen molar-refractivity contribution in [3.8, 4) is 17.0 Å². The highest BCUT2D eigenvalue weighted by atomic mass is 16.3. The largest absolute Gasteiger partial charge is 0.507 e. The van der Waals surface area contributed by atoms with Gasteiger partial charge in [0, 0.05) is 49.6 Å². The number of benzene rings is 1. The van der Waals surface area contributed by atoms with Crippen LogP contribution in [-0.4, -0.2) is 67.4 Å². The van der Waals surface area contributed by atoms with E-state index in [1.807, 2.05) is 28.9 Å². The van der Waals surface area contributed by atoms with Crippen LogP contribution < -0.4 is 4.90 Å². The SMILES string of the molecule is CCC(C(C)C)n1cc(N2CC3(C2)CN(C2C=Cc4cc(-c5ccccc5O)nnc4C2)C3)nn1. The molecule has 2 fully saturated rings. The maximum atomic E-state index is 10.1. The molecule has 182 valence electrons. The Bertz CT molecular complexity index is 1250. The number of anilines is 1. The van der Waals surface area contributed by atoms with E-state index in [0.717, 1.165) is 56.1 Å². The van der Waals surface area contributed by atoms with Gasteiger partial charge in [-0.05, 0) is 36.1 Å². The second kappa shape index (κ2) is 8.45. The third-order valence-corrected chi connectivity index (χ3v) is 7.93. The molecule has 2 unspecified atom stereocenters. The Morgan fingerprint density at radius 1 is 1.09 bits per heavy atom. The first-order valence-electron chi connectivity index (χ1n) is 12.7. The number of phenols is 1. The topological polar surface area (TPSA) is 83.2 Å². The van der Waals surface area contributed by atoms with Crippen LogP contribution in [0.15, 0.2) is 42.6 Å². The zero-order valence-electron chi connectivity index (χ0n) is 20.7. The maximum Gasteiger partial charge on any atom is 0.171 e. The minimum atomic E-state index is 0.229. The number of aromatic hydroxyl groups is 1. The molecule has 35 heavy (non-hydrogen) atoms. The molecule has 2 atom stereocenters. The van der Waals surface area contributed by atoms with E-state index in [0.29, 0.717) is 34.7 Å². The van der Waals surface area contributed by atoms with Gasteiger partial charge in [-0.1, -0.05) is 50.3 Å². The number of aromatic nitrogens is 5. The summed E-state index contributed by atoms with van der Waals surface area (Å²) in [4.78, 5) is 4.92. The fourth-order valence-corrected chi connectivity index (χ4v) is 6.00. The summed E-state index contributed by atoms with van der Waals surface area (Å²) < 4.78 is 2.05. The standard InChI is InChI=1S/C27H33N7O/c1-4-24(18(2)3)34-13-26(30-31-34)33-16-27(17-33)14-32(15-27)20-10-9-19-11-23(29-28-22(19)12-20)21-7-5-6-8-25(21)35/h5-11,13,18,20,24,35H,4,12,14-17H2,1-3H3. The molecule has 8 heteroatoms. The van der Waals surface area contributed by atoms with E-state index in [2.05, 4.69) is 69.4 Å². The first kappa shape index (κ1) is 22.2. The minimum Gasteiger partial charge on any atom is -0.507 e. The van der Waals surface area contributed by atoms with Gasteiger partial charge in [0.05, 0.1) is 23.6 Å². The Hall–Kier alpha value is -3.26. The molecule has 4 heterocycles. The van der Waals surface area contributed by atoms with Gasteiger partial charge in [-0.2, -0.15) is 10.2 Å². The average molecular weight is 472 g/mol. The quantitative estimate of drug-likeness (QED) is 0.585. The lowest BCUT2D eigenvalue weighted by atomic mass is 9.71. The van der Waals surface area contributed by atoms with Crippen molar-refractivity contribution in [1.82, 2.24) is 30.1 Å². The molecule has 3 aromatic rings. The molecule has 2 aliphatic heterocycles. The van der Waals surface area contributed by atoms with Gasteiger partial charge in [-0.15, -0.1) is 5.10 Å². The van der Waals surface area contributed by atoms with Crippen molar-refractivity contribution in [1.29, 1.82) is 0 Å². The van der Waals surface area contributed by atoms with Gasteiger partial charge in [0.1, 0.15) is 5.75 Å². The molecule has 2 saturated heterocycles. The average Bonchev–Trinajstić information content (AvgIpc) is 3.26. The van der Waals surface area contributed by atoms with Crippen LogP contribution >= 0.6 is 0 Å². The molecule has 2 aromatic heterocycles. The van der Waals surface area contributed by atoms with Crippen molar-refractivity contribution in [3.05, 3.63) is 53.9 Å². The highest BCUT2D eigenvalue weighted by Gasteiger charge is 2.53. The Morgan fingerprint density at radius 2 is 1.89 bits per heavy atom. The number of phenolic OH excluding ortho intramolecular Hbond substituents is 1. The van der Waals surface area contributed by atoms with Crippen LogP contribution in [0.2, 0.25) is 0 Å². The van der Waals surface area contributed by atoms with Crippen molar-refractivity contribution in [3.63, 3.8) is 0 Å². The van der Waals surface area contributed by atoms with Gasteiger partial charge >= 0.3 is 0 Å². The Balaban J connectivity index is 1.06. The fraction of sp³-hybridized carbons (Fsp3) is 0.481. The molecule has 1 spiro atoms. The normalized spacial score (nSPS) is 21.6. The smallest absolute Gasteiger partial charge is 0.171 e. The second-order valence-corrected chi connectivity index (χ2v) is 10.8. The van der Waals surface area contributed by atoms with Gasteiger partial charge in [0.25, 0.3) is 0 Å². The van der Waals surface area contributed by atoms with Crippen LogP contribution in [0.25, 0.3) is 17.3 Å². The lowest BCUT2D eigenvalue weighted by Crippen LogP contribution is -2.73. The number of likely N-dealkylation sites (tertiary alicyclic amines) is 1. The third kappa shape index (κ3) is 3.89. The van der Waals surface area contributed by atoms with E-state index in [9.17, 15) is 5.11 Å². The van der Waals surface area contributed by atoms with Crippen molar-refractivity contribution >= 4 is 11.9 Å². The summed E-state index contributed by atoms with van der Waals surface area (Å²) >= 11 is 0. The lowest BCUT2D eigenvalue weighted by molar-refractivity contribution is -0.0391. The highest BCUT2D eigenvalue weighted by molar-refractivity contribution is 5.69. The van der Waals surface area contributed by atoms with Crippen LogP contribution in [0.3, 0.4) is 0 Å². The van der Waals surface area contributed by atoms with Gasteiger partial charge in [-0.25, -0.2) is 4.68 Å². The summed E-state index contributed by atoms with van der Waals surface area (Å²) in [6.07, 6.45) is 8.53. The molecule has 6 rings (SSSR count). The van der Waals surface area contributed by atoms with Crippen LogP contribution in [0.1, 0.15) is 44.5 Å². The van der Waals surface area contributed by atoms with Gasteiger partial charge < -0.3 is 10.0 Å². The molecular formula is C27H33N7O. The molecule has 3 aliphatic rings. The summed E-state index contributed by atoms with van der Waals surface area (Å²) in [5.74, 6) is 1.79. The van der Waals surface area contributed by atoms with Gasteiger partial charge in [0.2, 0.25) is 0 Å². The first-order valence-corrected chi connectivity index (χ1v) is 12.7. The molecule has 0 amide bonds. The Labute approximate surface area is 206 Å². The highest BCUT2D eigenvalue weighted by Crippen LogP contribution is 2.43. The minimum absolute atomic E-state index is 0.229. The number of fused-ring (bicyclic) bond motifs is 1. The number of nitrogens with zero attached hydrogens (tertiary/aromatic N) is 7. The number of para-hydroxylation sites is 1. The van der Waals surface area contributed by atoms with Crippen molar-refractivity contribution in [2.75, 3.05) is 31.1 Å². The fourth-order valence-electron chi connectivity index (χ4n) is 6.00. The Kier molecular flexibility index (Phi) is 5.36. The van der Waals surface area contributed by atoms with Crippen molar-refractivity contribution < 1.29 is 5.11 Å². The second-order valence-electron chi connectivity index (χ2n) is 10.8. The van der Waals surface area contributed by atoms with Gasteiger partial charge in [0.15, 0.2) is 5.82 Å². The van der Waals surface area contributed by atoms with Crippen molar-refractivity contribution in [2.24, 2.45) is 11.3 Å². The van der Waals surface area contributed by atoms with Crippen LogP contribution in [0.5, 0.6) is 5.75 Å². The number of rotatable bonds is 6. The first-order chi connectivity index (χ1) is 16.9. The predicted molar refractivity (Wildman–Crippen MR) is 136 cm³/mol. The van der Waals surface area contributed by atoms with E-state index in [-0.39, 0.29) is 5.75 Å². The number of hydrogen-bond donors (Lipinski definition) is 1. The summed E-state index contributed by atoms with van der Waals surface area (Å²) in [6.45, 7) is 11.0. The zero-order chi connectivity index (χ0) is 24.2. The van der Waals surface area contributed by atoms with E-state index < -0.39 is 0 Å². The summed E-state index contributed by atoms with van der Waals surface area (Å²) in [6, 6.07) is 10.1. The molecule has 1 aliphatic carbocycles. The Morgan fingerprint density at radius 3 is 2.63 bits per heavy atom. The summed E-state index contributed by atoms with van der Waals surface area (Å²) in [5, 5.41) is 28.0. The summed E-state index contributed by atoms with van der Waals surface area (Å²) in [7, 11) is 0. The monoisotopic (exact) mass is 471 g/mol. The number of hydrogen-bond acceptors (Lipinski definition) is 7. The predicted octanol–water partition coefficient (Wildman–Crippen LogP) is 3.81. The maximum absolute atomic E-state index is 10.1. The summed E-state index contributed by atoms with van der Waals surface area (Å²) in [5.41, 5.74) is 3.92. The third-order valence-electron chi connectivity index (χ3n) is 7.93. The van der Waals surface area contributed by atoms with E-state index in [1.54, 1.807) is 6.07 Å². The lowest BCUT2D eigenvalue weighted by Gasteiger charge is -2.62. The molecule has 0 bridgehead atoms. The van der Waals surface area contributed by atoms with E-state index in [4.69, 9.17) is 0 Å². The molecule has 1 N–H and O–H groups in total. The van der Waals surface area contributed by atoms with Crippen LogP contribution in [0.4, 0.5) is 5.82 Å². The molecule has 0 saturated carbocycles.